The zero-order chi connectivity index (χ0) is 17.2. The van der Waals surface area contributed by atoms with Gasteiger partial charge in [-0.3, -0.25) is 9.36 Å². The molecule has 1 aliphatic heterocycles. The highest BCUT2D eigenvalue weighted by Crippen LogP contribution is 2.29. The van der Waals surface area contributed by atoms with E-state index in [1.54, 1.807) is 0 Å². The van der Waals surface area contributed by atoms with E-state index in [1.807, 2.05) is 33.7 Å². The minimum atomic E-state index is -0.0341. The van der Waals surface area contributed by atoms with Crippen LogP contribution < -0.4 is 5.69 Å². The van der Waals surface area contributed by atoms with Crippen LogP contribution in [-0.2, 0) is 4.79 Å². The first-order valence-electron chi connectivity index (χ1n) is 9.69. The fourth-order valence-electron chi connectivity index (χ4n) is 4.58. The van der Waals surface area contributed by atoms with E-state index in [9.17, 15) is 9.59 Å². The number of rotatable bonds is 3. The van der Waals surface area contributed by atoms with Crippen molar-refractivity contribution >= 4 is 16.9 Å². The van der Waals surface area contributed by atoms with Gasteiger partial charge in [0, 0.05) is 25.6 Å². The number of imidazole rings is 1. The monoisotopic (exact) mass is 341 g/mol. The highest BCUT2D eigenvalue weighted by molar-refractivity contribution is 5.77. The van der Waals surface area contributed by atoms with E-state index < -0.39 is 0 Å². The molecule has 0 atom stereocenters. The number of hydrogen-bond donors (Lipinski definition) is 1. The summed E-state index contributed by atoms with van der Waals surface area (Å²) in [6.45, 7) is 1.53. The van der Waals surface area contributed by atoms with Crippen LogP contribution in [0, 0.1) is 5.92 Å². The maximum atomic E-state index is 12.6. The van der Waals surface area contributed by atoms with Crippen molar-refractivity contribution < 1.29 is 4.79 Å². The molecule has 1 amide bonds. The normalized spacial score (nSPS) is 20.2. The summed E-state index contributed by atoms with van der Waals surface area (Å²) >= 11 is 0. The van der Waals surface area contributed by atoms with Crippen molar-refractivity contribution in [3.05, 3.63) is 34.7 Å². The van der Waals surface area contributed by atoms with E-state index in [4.69, 9.17) is 0 Å². The Labute approximate surface area is 148 Å². The predicted octanol–water partition coefficient (Wildman–Crippen LogP) is 3.46. The molecular weight excluding hydrogens is 314 g/mol. The Morgan fingerprint density at radius 3 is 2.52 bits per heavy atom. The van der Waals surface area contributed by atoms with Crippen molar-refractivity contribution in [1.82, 2.24) is 14.5 Å². The lowest BCUT2D eigenvalue weighted by atomic mass is 9.86. The molecule has 0 unspecified atom stereocenters. The van der Waals surface area contributed by atoms with E-state index in [0.717, 1.165) is 43.4 Å². The SMILES string of the molecule is O=C(CC1CCCCC1)N1CCC(n2c(=O)[nH]c3ccccc32)CC1. The van der Waals surface area contributed by atoms with Crippen LogP contribution in [0.4, 0.5) is 0 Å². The van der Waals surface area contributed by atoms with Gasteiger partial charge in [0.05, 0.1) is 11.0 Å². The maximum Gasteiger partial charge on any atom is 0.326 e. The van der Waals surface area contributed by atoms with Gasteiger partial charge in [-0.05, 0) is 43.7 Å². The summed E-state index contributed by atoms with van der Waals surface area (Å²) in [6.07, 6.45) is 8.76. The molecule has 2 aromatic rings. The van der Waals surface area contributed by atoms with Crippen molar-refractivity contribution in [3.63, 3.8) is 0 Å². The van der Waals surface area contributed by atoms with E-state index in [0.29, 0.717) is 11.8 Å². The quantitative estimate of drug-likeness (QED) is 0.929. The molecule has 0 radical (unpaired) electrons. The Bertz CT molecular complexity index is 793. The van der Waals surface area contributed by atoms with Crippen molar-refractivity contribution in [2.75, 3.05) is 13.1 Å². The number of para-hydroxylation sites is 2. The predicted molar refractivity (Wildman–Crippen MR) is 98.6 cm³/mol. The van der Waals surface area contributed by atoms with E-state index >= 15 is 0 Å². The Hall–Kier alpha value is -2.04. The highest BCUT2D eigenvalue weighted by Gasteiger charge is 2.27. The van der Waals surface area contributed by atoms with Gasteiger partial charge in [0.1, 0.15) is 0 Å². The summed E-state index contributed by atoms with van der Waals surface area (Å²) in [5.74, 6) is 0.909. The number of aromatic amines is 1. The Balaban J connectivity index is 1.40. The number of aromatic nitrogens is 2. The van der Waals surface area contributed by atoms with E-state index in [1.165, 1.54) is 32.1 Å². The summed E-state index contributed by atoms with van der Waals surface area (Å²) < 4.78 is 1.89. The highest BCUT2D eigenvalue weighted by atomic mass is 16.2. The van der Waals surface area contributed by atoms with Crippen LogP contribution in [0.25, 0.3) is 11.0 Å². The largest absolute Gasteiger partial charge is 0.343 e. The van der Waals surface area contributed by atoms with Gasteiger partial charge >= 0.3 is 5.69 Å². The number of nitrogens with one attached hydrogen (secondary N) is 1. The fourth-order valence-corrected chi connectivity index (χ4v) is 4.58. The molecule has 1 saturated carbocycles. The number of amides is 1. The van der Waals surface area contributed by atoms with Crippen LogP contribution in [0.3, 0.4) is 0 Å². The molecule has 4 rings (SSSR count). The van der Waals surface area contributed by atoms with Crippen LogP contribution in [0.1, 0.15) is 57.4 Å². The number of fused-ring (bicyclic) bond motifs is 1. The second-order valence-corrected chi connectivity index (χ2v) is 7.64. The third-order valence-corrected chi connectivity index (χ3v) is 5.99. The number of carbonyl (C=O) groups excluding carboxylic acids is 1. The van der Waals surface area contributed by atoms with Gasteiger partial charge in [-0.2, -0.15) is 0 Å². The van der Waals surface area contributed by atoms with Crippen LogP contribution >= 0.6 is 0 Å². The number of hydrogen-bond acceptors (Lipinski definition) is 2. The fraction of sp³-hybridized carbons (Fsp3) is 0.600. The van der Waals surface area contributed by atoms with E-state index in [2.05, 4.69) is 4.98 Å². The molecule has 2 heterocycles. The van der Waals surface area contributed by atoms with Crippen LogP contribution in [0.5, 0.6) is 0 Å². The molecule has 0 bridgehead atoms. The van der Waals surface area contributed by atoms with Gasteiger partial charge in [0.15, 0.2) is 0 Å². The summed E-state index contributed by atoms with van der Waals surface area (Å²) in [4.78, 5) is 29.9. The minimum absolute atomic E-state index is 0.0341. The third-order valence-electron chi connectivity index (χ3n) is 5.99. The van der Waals surface area contributed by atoms with Gasteiger partial charge in [-0.1, -0.05) is 31.4 Å². The lowest BCUT2D eigenvalue weighted by molar-refractivity contribution is -0.133. The van der Waals surface area contributed by atoms with Crippen LogP contribution in [0.15, 0.2) is 29.1 Å². The Kier molecular flexibility index (Phi) is 4.64. The molecule has 1 aliphatic carbocycles. The summed E-state index contributed by atoms with van der Waals surface area (Å²) in [6, 6.07) is 8.02. The molecule has 0 spiro atoms. The average molecular weight is 341 g/mol. The molecular formula is C20H27N3O2. The average Bonchev–Trinajstić information content (AvgIpc) is 2.98. The second-order valence-electron chi connectivity index (χ2n) is 7.64. The molecule has 1 saturated heterocycles. The topological polar surface area (TPSA) is 58.1 Å². The molecule has 5 heteroatoms. The van der Waals surface area contributed by atoms with Crippen LogP contribution in [-0.4, -0.2) is 33.4 Å². The molecule has 2 fully saturated rings. The first kappa shape index (κ1) is 16.4. The molecule has 1 aromatic heterocycles. The van der Waals surface area contributed by atoms with Gasteiger partial charge in [0.2, 0.25) is 5.91 Å². The minimum Gasteiger partial charge on any atom is -0.343 e. The molecule has 134 valence electrons. The van der Waals surface area contributed by atoms with Gasteiger partial charge < -0.3 is 9.88 Å². The number of benzene rings is 1. The number of carbonyl (C=O) groups is 1. The van der Waals surface area contributed by atoms with Gasteiger partial charge in [0.25, 0.3) is 0 Å². The number of likely N-dealkylation sites (tertiary alicyclic amines) is 1. The molecule has 2 aliphatic rings. The summed E-state index contributed by atoms with van der Waals surface area (Å²) in [5.41, 5.74) is 1.83. The number of piperidine rings is 1. The van der Waals surface area contributed by atoms with Gasteiger partial charge in [-0.15, -0.1) is 0 Å². The van der Waals surface area contributed by atoms with Crippen molar-refractivity contribution in [1.29, 1.82) is 0 Å². The lowest BCUT2D eigenvalue weighted by Gasteiger charge is -2.34. The van der Waals surface area contributed by atoms with Crippen LogP contribution in [0.2, 0.25) is 0 Å². The zero-order valence-electron chi connectivity index (χ0n) is 14.7. The molecule has 5 nitrogen and oxygen atoms in total. The summed E-state index contributed by atoms with van der Waals surface area (Å²) in [7, 11) is 0. The Morgan fingerprint density at radius 2 is 1.76 bits per heavy atom. The number of H-pyrrole nitrogens is 1. The molecule has 1 aromatic carbocycles. The lowest BCUT2D eigenvalue weighted by Crippen LogP contribution is -2.41. The molecule has 25 heavy (non-hydrogen) atoms. The maximum absolute atomic E-state index is 12.6. The number of nitrogens with zero attached hydrogens (tertiary/aromatic N) is 2. The summed E-state index contributed by atoms with van der Waals surface area (Å²) in [5, 5.41) is 0. The second kappa shape index (κ2) is 7.06. The van der Waals surface area contributed by atoms with Crippen molar-refractivity contribution in [3.8, 4) is 0 Å². The first-order valence-corrected chi connectivity index (χ1v) is 9.69. The van der Waals surface area contributed by atoms with Gasteiger partial charge in [-0.25, -0.2) is 4.79 Å². The third kappa shape index (κ3) is 3.37. The first-order chi connectivity index (χ1) is 12.2. The zero-order valence-corrected chi connectivity index (χ0v) is 14.7. The standard InChI is InChI=1S/C20H27N3O2/c24-19(14-15-6-2-1-3-7-15)22-12-10-16(11-13-22)23-18-9-5-4-8-17(18)21-20(23)25/h4-5,8-9,15-16H,1-3,6-7,10-14H2,(H,21,25). The smallest absolute Gasteiger partial charge is 0.326 e. The van der Waals surface area contributed by atoms with E-state index in [-0.39, 0.29) is 11.7 Å². The van der Waals surface area contributed by atoms with Crippen molar-refractivity contribution in [2.24, 2.45) is 5.92 Å². The molecule has 1 N–H and O–H groups in total. The van der Waals surface area contributed by atoms with Crippen molar-refractivity contribution in [2.45, 2.75) is 57.4 Å². The Morgan fingerprint density at radius 1 is 1.04 bits per heavy atom.